The van der Waals surface area contributed by atoms with Crippen molar-refractivity contribution in [3.8, 4) is 0 Å². The standard InChI is InChI=1S/C11H10F3NO2/c1-10(11(12,13)14)7-17-9(16)15(10)8-5-3-2-4-6-8/h2-6H,7H2,1H3. The highest BCUT2D eigenvalue weighted by Gasteiger charge is 2.62. The Bertz CT molecular complexity index is 432. The lowest BCUT2D eigenvalue weighted by molar-refractivity contribution is -0.180. The predicted octanol–water partition coefficient (Wildman–Crippen LogP) is 2.96. The topological polar surface area (TPSA) is 29.5 Å². The van der Waals surface area contributed by atoms with Gasteiger partial charge in [0.25, 0.3) is 0 Å². The van der Waals surface area contributed by atoms with Gasteiger partial charge in [-0.25, -0.2) is 4.79 Å². The summed E-state index contributed by atoms with van der Waals surface area (Å²) in [6, 6.07) is 7.68. The average molecular weight is 245 g/mol. The van der Waals surface area contributed by atoms with Gasteiger partial charge in [-0.15, -0.1) is 0 Å². The maximum absolute atomic E-state index is 13.0. The van der Waals surface area contributed by atoms with Crippen molar-refractivity contribution >= 4 is 11.8 Å². The molecule has 17 heavy (non-hydrogen) atoms. The molecular weight excluding hydrogens is 235 g/mol. The number of carbonyl (C=O) groups excluding carboxylic acids is 1. The van der Waals surface area contributed by atoms with E-state index in [1.807, 2.05) is 0 Å². The first-order valence-corrected chi connectivity index (χ1v) is 4.95. The smallest absolute Gasteiger partial charge is 0.415 e. The molecule has 1 heterocycles. The molecule has 92 valence electrons. The van der Waals surface area contributed by atoms with Gasteiger partial charge in [0.1, 0.15) is 6.61 Å². The Morgan fingerprint density at radius 2 is 1.88 bits per heavy atom. The lowest BCUT2D eigenvalue weighted by Crippen LogP contribution is -2.56. The zero-order valence-electron chi connectivity index (χ0n) is 8.99. The normalized spacial score (nSPS) is 24.9. The minimum absolute atomic E-state index is 0.176. The summed E-state index contributed by atoms with van der Waals surface area (Å²) < 4.78 is 43.5. The van der Waals surface area contributed by atoms with Gasteiger partial charge in [-0.3, -0.25) is 4.90 Å². The summed E-state index contributed by atoms with van der Waals surface area (Å²) in [6.07, 6.45) is -5.52. The molecule has 0 bridgehead atoms. The van der Waals surface area contributed by atoms with Crippen molar-refractivity contribution in [2.75, 3.05) is 11.5 Å². The van der Waals surface area contributed by atoms with Gasteiger partial charge in [0.2, 0.25) is 0 Å². The van der Waals surface area contributed by atoms with E-state index in [4.69, 9.17) is 0 Å². The van der Waals surface area contributed by atoms with E-state index < -0.39 is 24.4 Å². The Kier molecular flexibility index (Phi) is 2.52. The predicted molar refractivity (Wildman–Crippen MR) is 54.7 cm³/mol. The fourth-order valence-electron chi connectivity index (χ4n) is 1.71. The lowest BCUT2D eigenvalue weighted by Gasteiger charge is -2.33. The second kappa shape index (κ2) is 3.65. The van der Waals surface area contributed by atoms with Crippen LogP contribution in [0.4, 0.5) is 23.7 Å². The van der Waals surface area contributed by atoms with Crippen LogP contribution < -0.4 is 4.90 Å². The molecule has 1 saturated heterocycles. The van der Waals surface area contributed by atoms with Gasteiger partial charge in [-0.05, 0) is 19.1 Å². The van der Waals surface area contributed by atoms with Crippen molar-refractivity contribution in [3.63, 3.8) is 0 Å². The molecule has 0 radical (unpaired) electrons. The summed E-state index contributed by atoms with van der Waals surface area (Å²) in [5.41, 5.74) is -2.14. The first kappa shape index (κ1) is 11.8. The molecule has 0 saturated carbocycles. The van der Waals surface area contributed by atoms with Crippen molar-refractivity contribution in [2.24, 2.45) is 0 Å². The number of benzene rings is 1. The van der Waals surface area contributed by atoms with Gasteiger partial charge in [0.05, 0.1) is 0 Å². The summed E-state index contributed by atoms with van der Waals surface area (Å²) in [5.74, 6) is 0. The number of halogens is 3. The Hall–Kier alpha value is -1.72. The first-order chi connectivity index (χ1) is 7.86. The van der Waals surface area contributed by atoms with Gasteiger partial charge in [-0.2, -0.15) is 13.2 Å². The number of cyclic esters (lactones) is 1. The summed E-state index contributed by atoms with van der Waals surface area (Å²) >= 11 is 0. The molecule has 1 unspecified atom stereocenters. The quantitative estimate of drug-likeness (QED) is 0.761. The molecule has 1 amide bonds. The van der Waals surface area contributed by atoms with Crippen molar-refractivity contribution in [3.05, 3.63) is 30.3 Å². The van der Waals surface area contributed by atoms with E-state index in [-0.39, 0.29) is 5.69 Å². The number of rotatable bonds is 1. The number of carbonyl (C=O) groups is 1. The van der Waals surface area contributed by atoms with E-state index in [2.05, 4.69) is 4.74 Å². The molecule has 0 spiro atoms. The number of hydrogen-bond acceptors (Lipinski definition) is 2. The van der Waals surface area contributed by atoms with Gasteiger partial charge >= 0.3 is 12.3 Å². The fourth-order valence-corrected chi connectivity index (χ4v) is 1.71. The molecule has 1 aliphatic heterocycles. The third kappa shape index (κ3) is 1.73. The second-order valence-electron chi connectivity index (χ2n) is 4.00. The molecule has 1 aliphatic rings. The zero-order valence-corrected chi connectivity index (χ0v) is 8.99. The Morgan fingerprint density at radius 1 is 1.29 bits per heavy atom. The second-order valence-corrected chi connectivity index (χ2v) is 4.00. The number of para-hydroxylation sites is 1. The van der Waals surface area contributed by atoms with E-state index in [0.717, 1.165) is 6.92 Å². The van der Waals surface area contributed by atoms with Gasteiger partial charge in [-0.1, -0.05) is 18.2 Å². The Morgan fingerprint density at radius 3 is 2.41 bits per heavy atom. The Labute approximate surface area is 95.8 Å². The molecule has 1 aromatic rings. The van der Waals surface area contributed by atoms with Crippen LogP contribution in [0.25, 0.3) is 0 Å². The lowest BCUT2D eigenvalue weighted by atomic mass is 10.0. The summed E-state index contributed by atoms with van der Waals surface area (Å²) in [6.45, 7) is 0.259. The van der Waals surface area contributed by atoms with Crippen LogP contribution in [0.1, 0.15) is 6.92 Å². The van der Waals surface area contributed by atoms with E-state index in [9.17, 15) is 18.0 Å². The van der Waals surface area contributed by atoms with Crippen molar-refractivity contribution in [1.29, 1.82) is 0 Å². The minimum Gasteiger partial charge on any atom is -0.446 e. The van der Waals surface area contributed by atoms with Crippen molar-refractivity contribution in [1.82, 2.24) is 0 Å². The molecule has 0 aliphatic carbocycles. The number of nitrogens with zero attached hydrogens (tertiary/aromatic N) is 1. The summed E-state index contributed by atoms with van der Waals surface area (Å²) in [5, 5.41) is 0. The highest BCUT2D eigenvalue weighted by molar-refractivity contribution is 5.91. The van der Waals surface area contributed by atoms with E-state index in [1.165, 1.54) is 12.1 Å². The number of hydrogen-bond donors (Lipinski definition) is 0. The van der Waals surface area contributed by atoms with Crippen molar-refractivity contribution in [2.45, 2.75) is 18.6 Å². The minimum atomic E-state index is -4.55. The molecule has 1 fully saturated rings. The third-order valence-electron chi connectivity index (χ3n) is 2.78. The first-order valence-electron chi connectivity index (χ1n) is 4.95. The SMILES string of the molecule is CC1(C(F)(F)F)COC(=O)N1c1ccccc1. The monoisotopic (exact) mass is 245 g/mol. The molecular formula is C11H10F3NO2. The van der Waals surface area contributed by atoms with E-state index in [0.29, 0.717) is 4.90 Å². The number of amides is 1. The maximum atomic E-state index is 13.0. The third-order valence-corrected chi connectivity index (χ3v) is 2.78. The molecule has 1 aromatic carbocycles. The van der Waals surface area contributed by atoms with Crippen LogP contribution in [0.3, 0.4) is 0 Å². The van der Waals surface area contributed by atoms with Crippen LogP contribution in [-0.2, 0) is 4.74 Å². The fraction of sp³-hybridized carbons (Fsp3) is 0.364. The molecule has 3 nitrogen and oxygen atoms in total. The van der Waals surface area contributed by atoms with Gasteiger partial charge in [0, 0.05) is 5.69 Å². The summed E-state index contributed by atoms with van der Waals surface area (Å²) in [7, 11) is 0. The zero-order chi connectivity index (χ0) is 12.7. The van der Waals surface area contributed by atoms with Crippen LogP contribution in [0, 0.1) is 0 Å². The number of alkyl halides is 3. The molecule has 0 N–H and O–H groups in total. The number of anilines is 1. The van der Waals surface area contributed by atoms with Gasteiger partial charge in [0.15, 0.2) is 5.54 Å². The summed E-state index contributed by atoms with van der Waals surface area (Å²) in [4.78, 5) is 12.1. The van der Waals surface area contributed by atoms with Crippen LogP contribution in [0.2, 0.25) is 0 Å². The maximum Gasteiger partial charge on any atom is 0.415 e. The van der Waals surface area contributed by atoms with E-state index >= 15 is 0 Å². The number of ether oxygens (including phenoxy) is 1. The molecule has 6 heteroatoms. The highest BCUT2D eigenvalue weighted by Crippen LogP contribution is 2.41. The highest BCUT2D eigenvalue weighted by atomic mass is 19.4. The van der Waals surface area contributed by atoms with Gasteiger partial charge < -0.3 is 4.74 Å². The largest absolute Gasteiger partial charge is 0.446 e. The van der Waals surface area contributed by atoms with Crippen LogP contribution in [0.15, 0.2) is 30.3 Å². The van der Waals surface area contributed by atoms with Crippen LogP contribution in [-0.4, -0.2) is 24.4 Å². The molecule has 2 rings (SSSR count). The van der Waals surface area contributed by atoms with Crippen molar-refractivity contribution < 1.29 is 22.7 Å². The van der Waals surface area contributed by atoms with Crippen LogP contribution in [0.5, 0.6) is 0 Å². The Balaban J connectivity index is 2.46. The van der Waals surface area contributed by atoms with Crippen LogP contribution >= 0.6 is 0 Å². The van der Waals surface area contributed by atoms with E-state index in [1.54, 1.807) is 18.2 Å². The average Bonchev–Trinajstić information content (AvgIpc) is 2.57. The molecule has 0 aromatic heterocycles. The molecule has 1 atom stereocenters.